The number of H-pyrrole nitrogens is 1. The Morgan fingerprint density at radius 1 is 1.42 bits per heavy atom. The number of carbonyl (C=O) groups excluding carboxylic acids is 1. The van der Waals surface area contributed by atoms with Crippen molar-refractivity contribution in [3.05, 3.63) is 27.7 Å². The third-order valence-electron chi connectivity index (χ3n) is 1.99. The van der Waals surface area contributed by atoms with Gasteiger partial charge >= 0.3 is 12.3 Å². The van der Waals surface area contributed by atoms with Gasteiger partial charge < -0.3 is 14.5 Å². The minimum absolute atomic E-state index is 0.0343. The maximum absolute atomic E-state index is 12.7. The maximum atomic E-state index is 12.7. The summed E-state index contributed by atoms with van der Waals surface area (Å²) in [5.74, 6) is -2.18. The van der Waals surface area contributed by atoms with Gasteiger partial charge in [-0.05, 0) is 6.92 Å². The van der Waals surface area contributed by atoms with Crippen molar-refractivity contribution >= 4 is 5.97 Å². The molecule has 0 spiro atoms. The van der Waals surface area contributed by atoms with Gasteiger partial charge in [-0.25, -0.2) is 9.18 Å². The first-order valence-corrected chi connectivity index (χ1v) is 5.03. The third-order valence-corrected chi connectivity index (χ3v) is 1.99. The third kappa shape index (κ3) is 3.70. The van der Waals surface area contributed by atoms with E-state index in [2.05, 4.69) is 14.5 Å². The molecule has 0 aliphatic rings. The average Bonchev–Trinajstić information content (AvgIpc) is 2.30. The molecule has 0 radical (unpaired) electrons. The van der Waals surface area contributed by atoms with Gasteiger partial charge in [0.05, 0.1) is 12.2 Å². The largest absolute Gasteiger partial charge is 0.573 e. The summed E-state index contributed by atoms with van der Waals surface area (Å²) in [7, 11) is 0. The van der Waals surface area contributed by atoms with Crippen LogP contribution in [-0.2, 0) is 11.4 Å². The number of halogens is 4. The van der Waals surface area contributed by atoms with E-state index in [1.807, 2.05) is 0 Å². The van der Waals surface area contributed by atoms with Gasteiger partial charge in [0.1, 0.15) is 12.4 Å². The Labute approximate surface area is 104 Å². The zero-order chi connectivity index (χ0) is 14.6. The fourth-order valence-electron chi connectivity index (χ4n) is 1.27. The summed E-state index contributed by atoms with van der Waals surface area (Å²) in [5, 5.41) is 0. The average molecular weight is 283 g/mol. The molecule has 0 aromatic carbocycles. The second kappa shape index (κ2) is 5.72. The molecule has 0 aliphatic carbocycles. The van der Waals surface area contributed by atoms with Gasteiger partial charge in [0.15, 0.2) is 5.75 Å². The molecule has 0 saturated carbocycles. The lowest BCUT2D eigenvalue weighted by atomic mass is 10.2. The van der Waals surface area contributed by atoms with Gasteiger partial charge in [-0.15, -0.1) is 13.2 Å². The Morgan fingerprint density at radius 2 is 2.05 bits per heavy atom. The van der Waals surface area contributed by atoms with Gasteiger partial charge in [-0.2, -0.15) is 0 Å². The fraction of sp³-hybridized carbons (Fsp3) is 0.400. The van der Waals surface area contributed by atoms with Crippen molar-refractivity contribution in [3.8, 4) is 5.75 Å². The van der Waals surface area contributed by atoms with Gasteiger partial charge in [0, 0.05) is 6.20 Å². The second-order valence-electron chi connectivity index (χ2n) is 3.24. The van der Waals surface area contributed by atoms with E-state index in [0.29, 0.717) is 6.20 Å². The summed E-state index contributed by atoms with van der Waals surface area (Å²) in [5.41, 5.74) is -2.68. The van der Waals surface area contributed by atoms with Crippen molar-refractivity contribution < 1.29 is 31.8 Å². The topological polar surface area (TPSA) is 68.4 Å². The lowest BCUT2D eigenvalue weighted by Crippen LogP contribution is -2.25. The van der Waals surface area contributed by atoms with E-state index in [1.165, 1.54) is 6.92 Å². The standard InChI is InChI=1S/C10H9F4NO4/c1-2-18-9(17)7-5(3-11)8(16)6(4-15-7)19-10(12,13)14/h4H,2-3H2,1H3,(H,15,16). The van der Waals surface area contributed by atoms with E-state index in [0.717, 1.165) is 0 Å². The quantitative estimate of drug-likeness (QED) is 0.677. The van der Waals surface area contributed by atoms with Crippen LogP contribution in [0.4, 0.5) is 17.6 Å². The van der Waals surface area contributed by atoms with Crippen LogP contribution in [0.3, 0.4) is 0 Å². The zero-order valence-corrected chi connectivity index (χ0v) is 9.64. The minimum Gasteiger partial charge on any atom is -0.461 e. The molecule has 19 heavy (non-hydrogen) atoms. The van der Waals surface area contributed by atoms with Gasteiger partial charge in [-0.3, -0.25) is 4.79 Å². The molecule has 1 N–H and O–H groups in total. The molecule has 0 fully saturated rings. The van der Waals surface area contributed by atoms with Crippen LogP contribution in [0, 0.1) is 0 Å². The normalized spacial score (nSPS) is 11.2. The Morgan fingerprint density at radius 3 is 2.53 bits per heavy atom. The first kappa shape index (κ1) is 15.0. The lowest BCUT2D eigenvalue weighted by Gasteiger charge is -2.10. The molecule has 9 heteroatoms. The highest BCUT2D eigenvalue weighted by molar-refractivity contribution is 5.88. The molecular weight excluding hydrogens is 274 g/mol. The van der Waals surface area contributed by atoms with Gasteiger partial charge in [0.25, 0.3) is 0 Å². The van der Waals surface area contributed by atoms with Crippen molar-refractivity contribution in [2.75, 3.05) is 6.61 Å². The molecule has 5 nitrogen and oxygen atoms in total. The number of hydrogen-bond donors (Lipinski definition) is 1. The molecule has 0 saturated heterocycles. The summed E-state index contributed by atoms with van der Waals surface area (Å²) >= 11 is 0. The number of aromatic amines is 1. The van der Waals surface area contributed by atoms with Crippen molar-refractivity contribution in [2.24, 2.45) is 0 Å². The predicted octanol–water partition coefficient (Wildman–Crippen LogP) is 1.92. The van der Waals surface area contributed by atoms with E-state index in [9.17, 15) is 27.2 Å². The monoisotopic (exact) mass is 283 g/mol. The minimum atomic E-state index is -5.09. The number of rotatable bonds is 4. The van der Waals surface area contributed by atoms with Crippen LogP contribution >= 0.6 is 0 Å². The molecule has 1 aromatic rings. The highest BCUT2D eigenvalue weighted by Gasteiger charge is 2.33. The van der Waals surface area contributed by atoms with Crippen LogP contribution in [0.25, 0.3) is 0 Å². The van der Waals surface area contributed by atoms with Crippen molar-refractivity contribution in [1.29, 1.82) is 0 Å². The number of pyridine rings is 1. The van der Waals surface area contributed by atoms with Crippen molar-refractivity contribution in [2.45, 2.75) is 20.0 Å². The van der Waals surface area contributed by atoms with E-state index >= 15 is 0 Å². The first-order chi connectivity index (χ1) is 8.80. The lowest BCUT2D eigenvalue weighted by molar-refractivity contribution is -0.275. The summed E-state index contributed by atoms with van der Waals surface area (Å²) in [6, 6.07) is 0. The Balaban J connectivity index is 3.23. The highest BCUT2D eigenvalue weighted by atomic mass is 19.4. The molecule has 0 unspecified atom stereocenters. The van der Waals surface area contributed by atoms with Gasteiger partial charge in [-0.1, -0.05) is 0 Å². The first-order valence-electron chi connectivity index (χ1n) is 5.03. The molecule has 1 aromatic heterocycles. The molecule has 1 rings (SSSR count). The number of hydrogen-bond acceptors (Lipinski definition) is 4. The zero-order valence-electron chi connectivity index (χ0n) is 9.64. The van der Waals surface area contributed by atoms with Crippen LogP contribution in [-0.4, -0.2) is 23.9 Å². The van der Waals surface area contributed by atoms with Crippen LogP contribution in [0.1, 0.15) is 23.0 Å². The van der Waals surface area contributed by atoms with E-state index < -0.39 is 41.4 Å². The second-order valence-corrected chi connectivity index (χ2v) is 3.24. The SMILES string of the molecule is CCOC(=O)c1[nH]cc(OC(F)(F)F)c(=O)c1CF. The number of nitrogens with one attached hydrogen (secondary N) is 1. The molecule has 0 atom stereocenters. The Kier molecular flexibility index (Phi) is 4.52. The van der Waals surface area contributed by atoms with Crippen LogP contribution < -0.4 is 10.2 Å². The molecule has 106 valence electrons. The smallest absolute Gasteiger partial charge is 0.461 e. The van der Waals surface area contributed by atoms with Gasteiger partial charge in [0.2, 0.25) is 5.43 Å². The van der Waals surface area contributed by atoms with Crippen LogP contribution in [0.2, 0.25) is 0 Å². The van der Waals surface area contributed by atoms with E-state index in [-0.39, 0.29) is 6.61 Å². The Hall–Kier alpha value is -2.06. The molecule has 1 heterocycles. The molecule has 0 aliphatic heterocycles. The van der Waals surface area contributed by atoms with Crippen molar-refractivity contribution in [1.82, 2.24) is 4.98 Å². The molecular formula is C10H9F4NO4. The maximum Gasteiger partial charge on any atom is 0.573 e. The summed E-state index contributed by atoms with van der Waals surface area (Å²) in [4.78, 5) is 24.9. The number of alkyl halides is 4. The number of ether oxygens (including phenoxy) is 2. The summed E-state index contributed by atoms with van der Waals surface area (Å²) < 4.78 is 56.6. The Bertz CT molecular complexity index is 523. The van der Waals surface area contributed by atoms with E-state index in [1.54, 1.807) is 0 Å². The highest BCUT2D eigenvalue weighted by Crippen LogP contribution is 2.20. The molecule has 0 amide bonds. The van der Waals surface area contributed by atoms with Crippen LogP contribution in [0.15, 0.2) is 11.0 Å². The number of carbonyl (C=O) groups is 1. The number of aromatic nitrogens is 1. The fourth-order valence-corrected chi connectivity index (χ4v) is 1.27. The molecule has 0 bridgehead atoms. The predicted molar refractivity (Wildman–Crippen MR) is 54.5 cm³/mol. The summed E-state index contributed by atoms with van der Waals surface area (Å²) in [6.07, 6.45) is -4.56. The van der Waals surface area contributed by atoms with Crippen LogP contribution in [0.5, 0.6) is 5.75 Å². The van der Waals surface area contributed by atoms with Crippen molar-refractivity contribution in [3.63, 3.8) is 0 Å². The summed E-state index contributed by atoms with van der Waals surface area (Å²) in [6.45, 7) is 0.0121. The number of esters is 1. The van der Waals surface area contributed by atoms with E-state index in [4.69, 9.17) is 0 Å².